The van der Waals surface area contributed by atoms with Gasteiger partial charge in [-0.3, -0.25) is 14.4 Å². The quantitative estimate of drug-likeness (QED) is 0.328. The van der Waals surface area contributed by atoms with Crippen molar-refractivity contribution in [3.05, 3.63) is 137 Å². The molecular weight excluding hydrogens is 538 g/mol. The molecule has 2 atom stereocenters. The molecule has 7 nitrogen and oxygen atoms in total. The van der Waals surface area contributed by atoms with E-state index in [0.29, 0.717) is 17.5 Å². The van der Waals surface area contributed by atoms with E-state index >= 15 is 0 Å². The third-order valence-corrected chi connectivity index (χ3v) is 6.78. The van der Waals surface area contributed by atoms with Crippen LogP contribution in [0.4, 0.5) is 14.5 Å². The lowest BCUT2D eigenvalue weighted by Crippen LogP contribution is -2.53. The first-order valence-electron chi connectivity index (χ1n) is 13.4. The van der Waals surface area contributed by atoms with Crippen LogP contribution in [0.2, 0.25) is 0 Å². The lowest BCUT2D eigenvalue weighted by atomic mass is 10.00. The van der Waals surface area contributed by atoms with Gasteiger partial charge in [0.1, 0.15) is 17.7 Å². The molecule has 1 aliphatic rings. The van der Waals surface area contributed by atoms with Crippen molar-refractivity contribution >= 4 is 29.1 Å². The Bertz CT molecular complexity index is 1620. The van der Waals surface area contributed by atoms with Gasteiger partial charge >= 0.3 is 0 Å². The number of halogens is 2. The third-order valence-electron chi connectivity index (χ3n) is 6.78. The SMILES string of the molecule is C[C@H](NC(=O)Cc1cc(F)cc(F)c1)C(=O)NC1N=C(c2ccccc2)c2ccccc2N(Cc2ccccc2)C1=O. The maximum absolute atomic E-state index is 14.0. The van der Waals surface area contributed by atoms with Crippen molar-refractivity contribution in [2.24, 2.45) is 4.99 Å². The number of hydrogen-bond acceptors (Lipinski definition) is 4. The van der Waals surface area contributed by atoms with E-state index in [0.717, 1.165) is 28.8 Å². The number of nitrogens with zero attached hydrogens (tertiary/aromatic N) is 2. The molecule has 0 spiro atoms. The molecule has 5 rings (SSSR count). The van der Waals surface area contributed by atoms with Crippen LogP contribution in [0, 0.1) is 11.6 Å². The Balaban J connectivity index is 1.42. The molecule has 1 heterocycles. The number of hydrogen-bond donors (Lipinski definition) is 2. The summed E-state index contributed by atoms with van der Waals surface area (Å²) in [5.74, 6) is -3.30. The van der Waals surface area contributed by atoms with Crippen LogP contribution in [0.3, 0.4) is 0 Å². The van der Waals surface area contributed by atoms with Gasteiger partial charge in [0.2, 0.25) is 18.0 Å². The Morgan fingerprint density at radius 1 is 0.857 bits per heavy atom. The van der Waals surface area contributed by atoms with Crippen LogP contribution in [-0.4, -0.2) is 35.6 Å². The molecular formula is C33H28F2N4O3. The van der Waals surface area contributed by atoms with E-state index in [4.69, 9.17) is 4.99 Å². The van der Waals surface area contributed by atoms with Crippen LogP contribution in [-0.2, 0) is 27.3 Å². The fourth-order valence-electron chi connectivity index (χ4n) is 4.79. The minimum Gasteiger partial charge on any atom is -0.344 e. The molecule has 0 aliphatic carbocycles. The van der Waals surface area contributed by atoms with E-state index in [9.17, 15) is 23.2 Å². The first kappa shape index (κ1) is 28.4. The standard InChI is InChI=1S/C33H28F2N4O3/c1-21(36-29(40)18-23-16-25(34)19-26(35)17-23)32(41)38-31-33(42)39(20-22-10-4-2-5-11-22)28-15-9-8-14-27(28)30(37-31)24-12-6-3-7-13-24/h2-17,19,21,31H,18,20H2,1H3,(H,36,40)(H,38,41)/t21-,31?/m0/s1. The first-order valence-corrected chi connectivity index (χ1v) is 13.4. The van der Waals surface area contributed by atoms with Gasteiger partial charge in [0.25, 0.3) is 5.91 Å². The topological polar surface area (TPSA) is 90.9 Å². The molecule has 2 N–H and O–H groups in total. The van der Waals surface area contributed by atoms with E-state index in [1.54, 1.807) is 4.90 Å². The Labute approximate surface area is 241 Å². The molecule has 0 fully saturated rings. The Hall–Kier alpha value is -5.18. The van der Waals surface area contributed by atoms with Gasteiger partial charge in [0.05, 0.1) is 24.4 Å². The average Bonchev–Trinajstić information content (AvgIpc) is 3.08. The predicted molar refractivity (Wildman–Crippen MR) is 156 cm³/mol. The summed E-state index contributed by atoms with van der Waals surface area (Å²) in [6.45, 7) is 1.70. The van der Waals surface area contributed by atoms with Gasteiger partial charge in [-0.05, 0) is 36.2 Å². The highest BCUT2D eigenvalue weighted by Gasteiger charge is 2.34. The molecule has 3 amide bonds. The molecule has 1 aliphatic heterocycles. The fourth-order valence-corrected chi connectivity index (χ4v) is 4.79. The van der Waals surface area contributed by atoms with Gasteiger partial charge in [0, 0.05) is 17.2 Å². The molecule has 0 saturated carbocycles. The highest BCUT2D eigenvalue weighted by Crippen LogP contribution is 2.29. The number of rotatable bonds is 8. The normalized spacial score (nSPS) is 15.2. The number of aliphatic imine (C=N–C) groups is 1. The predicted octanol–water partition coefficient (Wildman–Crippen LogP) is 4.54. The van der Waals surface area contributed by atoms with Crippen LogP contribution in [0.15, 0.2) is 108 Å². The van der Waals surface area contributed by atoms with E-state index in [-0.39, 0.29) is 18.5 Å². The minimum atomic E-state index is -1.29. The number of carbonyl (C=O) groups is 3. The summed E-state index contributed by atoms with van der Waals surface area (Å²) in [6.07, 6.45) is -1.62. The number of benzodiazepines with no additional fused rings is 1. The van der Waals surface area contributed by atoms with Crippen LogP contribution in [0.1, 0.15) is 29.2 Å². The second-order valence-corrected chi connectivity index (χ2v) is 9.93. The Kier molecular flexibility index (Phi) is 8.47. The lowest BCUT2D eigenvalue weighted by Gasteiger charge is -2.26. The van der Waals surface area contributed by atoms with Crippen LogP contribution in [0.25, 0.3) is 0 Å². The second kappa shape index (κ2) is 12.6. The van der Waals surface area contributed by atoms with Crippen molar-refractivity contribution in [1.29, 1.82) is 0 Å². The summed E-state index contributed by atoms with van der Waals surface area (Å²) in [5, 5.41) is 5.22. The van der Waals surface area contributed by atoms with Gasteiger partial charge in [0.15, 0.2) is 0 Å². The molecule has 42 heavy (non-hydrogen) atoms. The summed E-state index contributed by atoms with van der Waals surface area (Å²) in [6, 6.07) is 28.0. The molecule has 4 aromatic carbocycles. The molecule has 0 saturated heterocycles. The Morgan fingerprint density at radius 2 is 1.48 bits per heavy atom. The summed E-state index contributed by atoms with van der Waals surface area (Å²) >= 11 is 0. The van der Waals surface area contributed by atoms with Crippen molar-refractivity contribution in [3.8, 4) is 0 Å². The fraction of sp³-hybridized carbons (Fsp3) is 0.152. The number of carbonyl (C=O) groups excluding carboxylic acids is 3. The van der Waals surface area contributed by atoms with Gasteiger partial charge < -0.3 is 15.5 Å². The highest BCUT2D eigenvalue weighted by molar-refractivity contribution is 6.20. The minimum absolute atomic E-state index is 0.128. The number of benzene rings is 4. The van der Waals surface area contributed by atoms with Gasteiger partial charge in [-0.15, -0.1) is 0 Å². The number of anilines is 1. The van der Waals surface area contributed by atoms with Crippen LogP contribution < -0.4 is 15.5 Å². The van der Waals surface area contributed by atoms with Crippen molar-refractivity contribution in [3.63, 3.8) is 0 Å². The molecule has 212 valence electrons. The van der Waals surface area contributed by atoms with Crippen LogP contribution in [0.5, 0.6) is 0 Å². The zero-order valence-corrected chi connectivity index (χ0v) is 22.8. The van der Waals surface area contributed by atoms with Crippen LogP contribution >= 0.6 is 0 Å². The Morgan fingerprint density at radius 3 is 2.17 bits per heavy atom. The largest absolute Gasteiger partial charge is 0.344 e. The second-order valence-electron chi connectivity index (χ2n) is 9.93. The smallest absolute Gasteiger partial charge is 0.272 e. The number of nitrogens with one attached hydrogen (secondary N) is 2. The van der Waals surface area contributed by atoms with Gasteiger partial charge in [-0.1, -0.05) is 78.9 Å². The zero-order chi connectivity index (χ0) is 29.6. The maximum atomic E-state index is 14.0. The van der Waals surface area contributed by atoms with Crippen molar-refractivity contribution in [2.45, 2.75) is 32.1 Å². The first-order chi connectivity index (χ1) is 20.3. The van der Waals surface area contributed by atoms with E-state index in [1.165, 1.54) is 6.92 Å². The van der Waals surface area contributed by atoms with Gasteiger partial charge in [-0.2, -0.15) is 0 Å². The molecule has 0 radical (unpaired) electrons. The van der Waals surface area contributed by atoms with Crippen molar-refractivity contribution in [2.75, 3.05) is 4.90 Å². The highest BCUT2D eigenvalue weighted by atomic mass is 19.1. The van der Waals surface area contributed by atoms with E-state index < -0.39 is 41.6 Å². The molecule has 0 aromatic heterocycles. The summed E-state index contributed by atoms with van der Waals surface area (Å²) in [7, 11) is 0. The molecule has 9 heteroatoms. The molecule has 0 bridgehead atoms. The zero-order valence-electron chi connectivity index (χ0n) is 22.8. The molecule has 4 aromatic rings. The third kappa shape index (κ3) is 6.58. The lowest BCUT2D eigenvalue weighted by molar-refractivity contribution is -0.130. The van der Waals surface area contributed by atoms with Crippen molar-refractivity contribution in [1.82, 2.24) is 10.6 Å². The summed E-state index contributed by atoms with van der Waals surface area (Å²) in [4.78, 5) is 46.2. The molecule has 1 unspecified atom stereocenters. The van der Waals surface area contributed by atoms with Crippen molar-refractivity contribution < 1.29 is 23.2 Å². The summed E-state index contributed by atoms with van der Waals surface area (Å²) in [5.41, 5.74) is 3.70. The van der Waals surface area contributed by atoms with E-state index in [2.05, 4.69) is 10.6 Å². The maximum Gasteiger partial charge on any atom is 0.272 e. The monoisotopic (exact) mass is 566 g/mol. The van der Waals surface area contributed by atoms with E-state index in [1.807, 2.05) is 84.9 Å². The number of fused-ring (bicyclic) bond motifs is 1. The summed E-state index contributed by atoms with van der Waals surface area (Å²) < 4.78 is 27.1. The van der Waals surface area contributed by atoms with Gasteiger partial charge in [-0.25, -0.2) is 13.8 Å². The average molecular weight is 567 g/mol. The number of para-hydroxylation sites is 1. The number of amides is 3.